The second kappa shape index (κ2) is 6.41. The van der Waals surface area contributed by atoms with E-state index >= 15 is 0 Å². The first kappa shape index (κ1) is 14.3. The first-order valence-electron chi connectivity index (χ1n) is 7.60. The van der Waals surface area contributed by atoms with E-state index in [0.29, 0.717) is 6.04 Å². The van der Waals surface area contributed by atoms with Crippen molar-refractivity contribution in [3.8, 4) is 5.75 Å². The van der Waals surface area contributed by atoms with Gasteiger partial charge < -0.3 is 15.2 Å². The quantitative estimate of drug-likeness (QED) is 0.907. The van der Waals surface area contributed by atoms with Crippen LogP contribution in [0.15, 0.2) is 30.3 Å². The van der Waals surface area contributed by atoms with Crippen LogP contribution in [-0.4, -0.2) is 29.3 Å². The molecular formula is C17H22N2O2. The summed E-state index contributed by atoms with van der Waals surface area (Å²) in [5.41, 5.74) is 1.94. The van der Waals surface area contributed by atoms with Gasteiger partial charge in [-0.25, -0.2) is 4.98 Å². The predicted octanol–water partition coefficient (Wildman–Crippen LogP) is 2.64. The number of methoxy groups -OCH3 is 1. The van der Waals surface area contributed by atoms with Gasteiger partial charge in [0.2, 0.25) is 0 Å². The van der Waals surface area contributed by atoms with Crippen molar-refractivity contribution in [2.75, 3.05) is 7.11 Å². The minimum Gasteiger partial charge on any atom is -0.494 e. The number of aliphatic hydroxyl groups excluding tert-OH is 1. The number of rotatable bonds is 4. The molecule has 0 unspecified atom stereocenters. The van der Waals surface area contributed by atoms with Crippen LogP contribution in [0, 0.1) is 0 Å². The Bertz CT molecular complexity index is 607. The van der Waals surface area contributed by atoms with E-state index < -0.39 is 0 Å². The first-order chi connectivity index (χ1) is 10.3. The van der Waals surface area contributed by atoms with Crippen LogP contribution in [-0.2, 0) is 6.54 Å². The molecule has 0 spiro atoms. The van der Waals surface area contributed by atoms with Gasteiger partial charge in [-0.05, 0) is 37.8 Å². The molecule has 0 saturated heterocycles. The number of fused-ring (bicyclic) bond motifs is 1. The number of aliphatic hydroxyl groups is 1. The van der Waals surface area contributed by atoms with Crippen molar-refractivity contribution < 1.29 is 9.84 Å². The fraction of sp³-hybridized carbons (Fsp3) is 0.471. The van der Waals surface area contributed by atoms with Gasteiger partial charge in [-0.2, -0.15) is 0 Å². The lowest BCUT2D eigenvalue weighted by atomic mass is 9.93. The molecule has 0 bridgehead atoms. The fourth-order valence-corrected chi connectivity index (χ4v) is 2.95. The number of hydrogen-bond donors (Lipinski definition) is 2. The Balaban J connectivity index is 1.69. The lowest BCUT2D eigenvalue weighted by Crippen LogP contribution is -2.34. The monoisotopic (exact) mass is 286 g/mol. The summed E-state index contributed by atoms with van der Waals surface area (Å²) in [6, 6.07) is 10.6. The van der Waals surface area contributed by atoms with Crippen LogP contribution in [0.2, 0.25) is 0 Å². The molecule has 0 amide bonds. The molecule has 0 aliphatic heterocycles. The zero-order valence-electron chi connectivity index (χ0n) is 12.4. The highest BCUT2D eigenvalue weighted by atomic mass is 16.5. The summed E-state index contributed by atoms with van der Waals surface area (Å²) in [5.74, 6) is 0.815. The van der Waals surface area contributed by atoms with Gasteiger partial charge in [0.15, 0.2) is 0 Å². The molecule has 2 aromatic rings. The van der Waals surface area contributed by atoms with Gasteiger partial charge in [-0.15, -0.1) is 0 Å². The van der Waals surface area contributed by atoms with Gasteiger partial charge in [-0.3, -0.25) is 0 Å². The lowest BCUT2D eigenvalue weighted by molar-refractivity contribution is 0.116. The third kappa shape index (κ3) is 3.34. The Kier molecular flexibility index (Phi) is 4.36. The Labute approximate surface area is 125 Å². The Morgan fingerprint density at radius 2 is 2.00 bits per heavy atom. The maximum Gasteiger partial charge on any atom is 0.145 e. The minimum absolute atomic E-state index is 0.105. The molecule has 1 aromatic carbocycles. The SMILES string of the molecule is COc1cccc2ccc(CNC3CCC(O)CC3)nc12. The highest BCUT2D eigenvalue weighted by Gasteiger charge is 2.18. The molecule has 112 valence electrons. The summed E-state index contributed by atoms with van der Waals surface area (Å²) in [5, 5.41) is 14.2. The van der Waals surface area contributed by atoms with Gasteiger partial charge in [0.05, 0.1) is 18.9 Å². The van der Waals surface area contributed by atoms with Gasteiger partial charge >= 0.3 is 0 Å². The number of para-hydroxylation sites is 1. The summed E-state index contributed by atoms with van der Waals surface area (Å²) >= 11 is 0. The molecule has 0 atom stereocenters. The number of nitrogens with one attached hydrogen (secondary N) is 1. The van der Waals surface area contributed by atoms with Crippen molar-refractivity contribution in [2.45, 2.75) is 44.4 Å². The van der Waals surface area contributed by atoms with Crippen LogP contribution in [0.5, 0.6) is 5.75 Å². The highest BCUT2D eigenvalue weighted by Crippen LogP contribution is 2.24. The van der Waals surface area contributed by atoms with Crippen molar-refractivity contribution in [1.29, 1.82) is 0 Å². The van der Waals surface area contributed by atoms with E-state index in [1.54, 1.807) is 7.11 Å². The predicted molar refractivity (Wildman–Crippen MR) is 83.4 cm³/mol. The Morgan fingerprint density at radius 1 is 1.19 bits per heavy atom. The summed E-state index contributed by atoms with van der Waals surface area (Å²) in [4.78, 5) is 4.71. The Morgan fingerprint density at radius 3 is 2.76 bits per heavy atom. The average molecular weight is 286 g/mol. The molecule has 1 aromatic heterocycles. The van der Waals surface area contributed by atoms with E-state index in [0.717, 1.165) is 54.6 Å². The number of benzene rings is 1. The maximum absolute atomic E-state index is 9.53. The summed E-state index contributed by atoms with van der Waals surface area (Å²) in [7, 11) is 1.68. The van der Waals surface area contributed by atoms with E-state index in [1.807, 2.05) is 18.2 Å². The molecule has 4 nitrogen and oxygen atoms in total. The number of ether oxygens (including phenoxy) is 1. The normalized spacial score (nSPS) is 22.4. The van der Waals surface area contributed by atoms with Crippen molar-refractivity contribution in [3.05, 3.63) is 36.0 Å². The van der Waals surface area contributed by atoms with E-state index in [4.69, 9.17) is 9.72 Å². The summed E-state index contributed by atoms with van der Waals surface area (Å²) in [6.45, 7) is 0.759. The molecule has 0 radical (unpaired) electrons. The summed E-state index contributed by atoms with van der Waals surface area (Å²) < 4.78 is 5.38. The van der Waals surface area contributed by atoms with Gasteiger partial charge in [0, 0.05) is 18.0 Å². The minimum atomic E-state index is -0.105. The van der Waals surface area contributed by atoms with E-state index in [2.05, 4.69) is 17.4 Å². The second-order valence-corrected chi connectivity index (χ2v) is 5.72. The van der Waals surface area contributed by atoms with Gasteiger partial charge in [-0.1, -0.05) is 18.2 Å². The van der Waals surface area contributed by atoms with Crippen LogP contribution in [0.4, 0.5) is 0 Å². The molecule has 4 heteroatoms. The van der Waals surface area contributed by atoms with Crippen LogP contribution in [0.25, 0.3) is 10.9 Å². The third-order valence-electron chi connectivity index (χ3n) is 4.23. The lowest BCUT2D eigenvalue weighted by Gasteiger charge is -2.26. The zero-order chi connectivity index (χ0) is 14.7. The maximum atomic E-state index is 9.53. The van der Waals surface area contributed by atoms with Crippen LogP contribution < -0.4 is 10.1 Å². The molecular weight excluding hydrogens is 264 g/mol. The molecule has 3 rings (SSSR count). The largest absolute Gasteiger partial charge is 0.494 e. The second-order valence-electron chi connectivity index (χ2n) is 5.72. The van der Waals surface area contributed by atoms with Crippen molar-refractivity contribution in [2.24, 2.45) is 0 Å². The molecule has 1 saturated carbocycles. The fourth-order valence-electron chi connectivity index (χ4n) is 2.95. The van der Waals surface area contributed by atoms with Crippen LogP contribution in [0.3, 0.4) is 0 Å². The molecule has 1 aliphatic carbocycles. The average Bonchev–Trinajstić information content (AvgIpc) is 2.53. The smallest absolute Gasteiger partial charge is 0.145 e. The highest BCUT2D eigenvalue weighted by molar-refractivity contribution is 5.84. The molecule has 21 heavy (non-hydrogen) atoms. The number of aromatic nitrogens is 1. The topological polar surface area (TPSA) is 54.4 Å². The van der Waals surface area contributed by atoms with E-state index in [1.165, 1.54) is 0 Å². The molecule has 1 heterocycles. The van der Waals surface area contributed by atoms with E-state index in [9.17, 15) is 5.11 Å². The van der Waals surface area contributed by atoms with Crippen molar-refractivity contribution >= 4 is 10.9 Å². The number of pyridine rings is 1. The first-order valence-corrected chi connectivity index (χ1v) is 7.60. The molecule has 1 aliphatic rings. The Hall–Kier alpha value is -1.65. The van der Waals surface area contributed by atoms with Crippen LogP contribution in [0.1, 0.15) is 31.4 Å². The standard InChI is InChI=1S/C17H22N2O2/c1-21-16-4-2-3-12-5-6-14(19-17(12)16)11-18-13-7-9-15(20)10-8-13/h2-6,13,15,18,20H,7-11H2,1H3. The van der Waals surface area contributed by atoms with Gasteiger partial charge in [0.1, 0.15) is 11.3 Å². The number of hydrogen-bond acceptors (Lipinski definition) is 4. The third-order valence-corrected chi connectivity index (χ3v) is 4.23. The van der Waals surface area contributed by atoms with E-state index in [-0.39, 0.29) is 6.10 Å². The molecule has 2 N–H and O–H groups in total. The molecule has 1 fully saturated rings. The zero-order valence-corrected chi connectivity index (χ0v) is 12.4. The van der Waals surface area contributed by atoms with Gasteiger partial charge in [0.25, 0.3) is 0 Å². The number of nitrogens with zero attached hydrogens (tertiary/aromatic N) is 1. The summed E-state index contributed by atoms with van der Waals surface area (Å²) in [6.07, 6.45) is 3.77. The van der Waals surface area contributed by atoms with Crippen LogP contribution >= 0.6 is 0 Å². The van der Waals surface area contributed by atoms with Crippen molar-refractivity contribution in [3.63, 3.8) is 0 Å². The van der Waals surface area contributed by atoms with Crippen molar-refractivity contribution in [1.82, 2.24) is 10.3 Å².